The summed E-state index contributed by atoms with van der Waals surface area (Å²) < 4.78 is 13.7. The molecule has 1 unspecified atom stereocenters. The van der Waals surface area contributed by atoms with Crippen molar-refractivity contribution in [2.24, 2.45) is 11.1 Å². The highest BCUT2D eigenvalue weighted by Crippen LogP contribution is 2.27. The second kappa shape index (κ2) is 10.2. The summed E-state index contributed by atoms with van der Waals surface area (Å²) in [7, 11) is 0. The van der Waals surface area contributed by atoms with Crippen molar-refractivity contribution in [1.29, 1.82) is 0 Å². The molecule has 2 aromatic carbocycles. The van der Waals surface area contributed by atoms with Crippen LogP contribution in [0.4, 0.5) is 10.1 Å². The quantitative estimate of drug-likeness (QED) is 0.597. The Morgan fingerprint density at radius 2 is 1.79 bits per heavy atom. The van der Waals surface area contributed by atoms with E-state index in [1.807, 2.05) is 39.0 Å². The lowest BCUT2D eigenvalue weighted by Crippen LogP contribution is -2.46. The van der Waals surface area contributed by atoms with Crippen LogP contribution in [0.1, 0.15) is 50.8 Å². The Labute approximate surface area is 171 Å². The Kier molecular flexibility index (Phi) is 7.91. The number of hydrogen-bond acceptors (Lipinski definition) is 3. The van der Waals surface area contributed by atoms with Crippen LogP contribution in [-0.4, -0.2) is 18.4 Å². The third-order valence-electron chi connectivity index (χ3n) is 5.55. The minimum Gasteiger partial charge on any atom is -0.349 e. The van der Waals surface area contributed by atoms with Crippen LogP contribution in [0.2, 0.25) is 0 Å². The Morgan fingerprint density at radius 3 is 2.41 bits per heavy atom. The van der Waals surface area contributed by atoms with E-state index in [0.717, 1.165) is 5.56 Å². The van der Waals surface area contributed by atoms with Gasteiger partial charge in [0.1, 0.15) is 5.82 Å². The Hall–Kier alpha value is -2.73. The fourth-order valence-corrected chi connectivity index (χ4v) is 3.29. The number of nitrogens with two attached hydrogens (primary N) is 1. The van der Waals surface area contributed by atoms with Gasteiger partial charge in [0.05, 0.1) is 17.9 Å². The lowest BCUT2D eigenvalue weighted by Gasteiger charge is -2.30. The Bertz CT molecular complexity index is 841. The number of hydrogen-bond donors (Lipinski definition) is 3. The average molecular weight is 400 g/mol. The monoisotopic (exact) mass is 399 g/mol. The molecule has 4 N–H and O–H groups in total. The first kappa shape index (κ1) is 22.6. The van der Waals surface area contributed by atoms with Gasteiger partial charge < -0.3 is 16.4 Å². The van der Waals surface area contributed by atoms with Gasteiger partial charge in [-0.05, 0) is 49.1 Å². The van der Waals surface area contributed by atoms with E-state index in [0.29, 0.717) is 30.6 Å². The van der Waals surface area contributed by atoms with Crippen molar-refractivity contribution in [2.75, 3.05) is 11.9 Å². The summed E-state index contributed by atoms with van der Waals surface area (Å²) in [6.07, 6.45) is 1.30. The van der Waals surface area contributed by atoms with E-state index < -0.39 is 11.2 Å². The SMILES string of the molecule is CCC(CC)(CN)C(=O)NC(C)c1cccc(NC(=O)Cc2ccccc2F)c1. The fourth-order valence-electron chi connectivity index (χ4n) is 3.29. The first-order valence-corrected chi connectivity index (χ1v) is 9.99. The van der Waals surface area contributed by atoms with Gasteiger partial charge in [-0.3, -0.25) is 9.59 Å². The van der Waals surface area contributed by atoms with E-state index in [1.54, 1.807) is 24.3 Å². The molecule has 0 fully saturated rings. The maximum atomic E-state index is 13.7. The second-order valence-corrected chi connectivity index (χ2v) is 7.33. The number of anilines is 1. The maximum Gasteiger partial charge on any atom is 0.228 e. The number of rotatable bonds is 9. The second-order valence-electron chi connectivity index (χ2n) is 7.33. The molecule has 0 heterocycles. The molecule has 6 heteroatoms. The van der Waals surface area contributed by atoms with Crippen LogP contribution in [0.25, 0.3) is 0 Å². The molecule has 0 aromatic heterocycles. The summed E-state index contributed by atoms with van der Waals surface area (Å²) >= 11 is 0. The van der Waals surface area contributed by atoms with Gasteiger partial charge in [-0.25, -0.2) is 4.39 Å². The van der Waals surface area contributed by atoms with E-state index in [2.05, 4.69) is 10.6 Å². The molecule has 156 valence electrons. The zero-order valence-corrected chi connectivity index (χ0v) is 17.3. The van der Waals surface area contributed by atoms with Crippen molar-refractivity contribution in [3.63, 3.8) is 0 Å². The predicted octanol–water partition coefficient (Wildman–Crippen LogP) is 3.95. The molecule has 2 rings (SSSR count). The summed E-state index contributed by atoms with van der Waals surface area (Å²) in [4.78, 5) is 25.0. The number of carbonyl (C=O) groups excluding carboxylic acids is 2. The van der Waals surface area contributed by atoms with Gasteiger partial charge >= 0.3 is 0 Å². The van der Waals surface area contributed by atoms with Gasteiger partial charge in [0.15, 0.2) is 0 Å². The van der Waals surface area contributed by atoms with E-state index in [4.69, 9.17) is 5.73 Å². The number of halogens is 1. The molecule has 0 saturated heterocycles. The number of carbonyl (C=O) groups is 2. The molecule has 5 nitrogen and oxygen atoms in total. The summed E-state index contributed by atoms with van der Waals surface area (Å²) in [5.74, 6) is -0.766. The standard InChI is InChI=1S/C23H30FN3O2/c1-4-23(5-2,15-25)22(29)26-16(3)17-10-8-11-19(13-17)27-21(28)14-18-9-6-7-12-20(18)24/h6-13,16H,4-5,14-15,25H2,1-3H3,(H,26,29)(H,27,28). The van der Waals surface area contributed by atoms with Crippen LogP contribution in [0.15, 0.2) is 48.5 Å². The third-order valence-corrected chi connectivity index (χ3v) is 5.55. The Balaban J connectivity index is 2.05. The van der Waals surface area contributed by atoms with Crippen molar-refractivity contribution >= 4 is 17.5 Å². The molecule has 0 spiro atoms. The normalized spacial score (nSPS) is 12.3. The molecule has 1 atom stereocenters. The van der Waals surface area contributed by atoms with E-state index in [9.17, 15) is 14.0 Å². The first-order chi connectivity index (χ1) is 13.8. The van der Waals surface area contributed by atoms with Gasteiger partial charge in [-0.15, -0.1) is 0 Å². The molecule has 0 aliphatic carbocycles. The number of benzene rings is 2. The van der Waals surface area contributed by atoms with Gasteiger partial charge in [0, 0.05) is 12.2 Å². The molecule has 2 amide bonds. The highest BCUT2D eigenvalue weighted by molar-refractivity contribution is 5.92. The zero-order chi connectivity index (χ0) is 21.4. The van der Waals surface area contributed by atoms with Gasteiger partial charge in [-0.1, -0.05) is 44.2 Å². The van der Waals surface area contributed by atoms with Crippen molar-refractivity contribution in [1.82, 2.24) is 5.32 Å². The highest BCUT2D eigenvalue weighted by Gasteiger charge is 2.34. The summed E-state index contributed by atoms with van der Waals surface area (Å²) in [6, 6.07) is 13.2. The van der Waals surface area contributed by atoms with Crippen LogP contribution in [0.5, 0.6) is 0 Å². The predicted molar refractivity (Wildman–Crippen MR) is 114 cm³/mol. The molecule has 0 aliphatic heterocycles. The lowest BCUT2D eigenvalue weighted by atomic mass is 9.81. The molecular weight excluding hydrogens is 369 g/mol. The smallest absolute Gasteiger partial charge is 0.228 e. The van der Waals surface area contributed by atoms with E-state index >= 15 is 0 Å². The maximum absolute atomic E-state index is 13.7. The molecule has 0 bridgehead atoms. The van der Waals surface area contributed by atoms with E-state index in [-0.39, 0.29) is 24.3 Å². The molecule has 2 aromatic rings. The Morgan fingerprint density at radius 1 is 1.10 bits per heavy atom. The number of nitrogens with one attached hydrogen (secondary N) is 2. The average Bonchev–Trinajstić information content (AvgIpc) is 2.71. The van der Waals surface area contributed by atoms with Crippen LogP contribution in [0.3, 0.4) is 0 Å². The van der Waals surface area contributed by atoms with Crippen molar-refractivity contribution < 1.29 is 14.0 Å². The molecular formula is C23H30FN3O2. The summed E-state index contributed by atoms with van der Waals surface area (Å²) in [6.45, 7) is 6.12. The van der Waals surface area contributed by atoms with Gasteiger partial charge in [0.25, 0.3) is 0 Å². The van der Waals surface area contributed by atoms with Crippen LogP contribution >= 0.6 is 0 Å². The fraction of sp³-hybridized carbons (Fsp3) is 0.391. The topological polar surface area (TPSA) is 84.2 Å². The number of amides is 2. The van der Waals surface area contributed by atoms with Crippen LogP contribution in [0, 0.1) is 11.2 Å². The van der Waals surface area contributed by atoms with Gasteiger partial charge in [0.2, 0.25) is 11.8 Å². The third kappa shape index (κ3) is 5.64. The first-order valence-electron chi connectivity index (χ1n) is 9.99. The summed E-state index contributed by atoms with van der Waals surface area (Å²) in [5.41, 5.74) is 7.10. The largest absolute Gasteiger partial charge is 0.349 e. The van der Waals surface area contributed by atoms with Crippen molar-refractivity contribution in [3.05, 3.63) is 65.5 Å². The minimum atomic E-state index is -0.570. The molecule has 0 aliphatic rings. The van der Waals surface area contributed by atoms with Crippen molar-refractivity contribution in [2.45, 2.75) is 46.1 Å². The summed E-state index contributed by atoms with van der Waals surface area (Å²) in [5, 5.41) is 5.83. The van der Waals surface area contributed by atoms with E-state index in [1.165, 1.54) is 6.07 Å². The van der Waals surface area contributed by atoms with Crippen LogP contribution < -0.4 is 16.4 Å². The molecule has 29 heavy (non-hydrogen) atoms. The highest BCUT2D eigenvalue weighted by atomic mass is 19.1. The molecule has 0 radical (unpaired) electrons. The van der Waals surface area contributed by atoms with Gasteiger partial charge in [-0.2, -0.15) is 0 Å². The lowest BCUT2D eigenvalue weighted by molar-refractivity contribution is -0.131. The minimum absolute atomic E-state index is 0.0464. The van der Waals surface area contributed by atoms with Crippen molar-refractivity contribution in [3.8, 4) is 0 Å². The zero-order valence-electron chi connectivity index (χ0n) is 17.3. The molecule has 0 saturated carbocycles. The van der Waals surface area contributed by atoms with Crippen LogP contribution in [-0.2, 0) is 16.0 Å².